The molecule has 0 aliphatic carbocycles. The van der Waals surface area contributed by atoms with E-state index in [9.17, 15) is 4.39 Å². The van der Waals surface area contributed by atoms with Crippen molar-refractivity contribution in [1.29, 1.82) is 0 Å². The van der Waals surface area contributed by atoms with E-state index < -0.39 is 0 Å². The first-order valence-corrected chi connectivity index (χ1v) is 10.1. The Bertz CT molecular complexity index is 1080. The Morgan fingerprint density at radius 1 is 0.929 bits per heavy atom. The molecule has 2 aromatic heterocycles. The maximum atomic E-state index is 14.6. The summed E-state index contributed by atoms with van der Waals surface area (Å²) in [4.78, 5) is 4.03. The van der Waals surface area contributed by atoms with Crippen LogP contribution in [0.3, 0.4) is 0 Å². The van der Waals surface area contributed by atoms with E-state index in [0.717, 1.165) is 12.2 Å². The highest BCUT2D eigenvalue weighted by Gasteiger charge is 2.19. The number of benzene rings is 2. The predicted molar refractivity (Wildman–Crippen MR) is 110 cm³/mol. The van der Waals surface area contributed by atoms with Crippen molar-refractivity contribution in [1.82, 2.24) is 19.7 Å². The molecule has 0 radical (unpaired) electrons. The molecule has 0 unspecified atom stereocenters. The van der Waals surface area contributed by atoms with Crippen molar-refractivity contribution in [2.75, 3.05) is 5.75 Å². The Morgan fingerprint density at radius 2 is 1.68 bits per heavy atom. The molecule has 28 heavy (non-hydrogen) atoms. The summed E-state index contributed by atoms with van der Waals surface area (Å²) in [6.07, 6.45) is 4.40. The molecule has 7 heteroatoms. The molecule has 0 amide bonds. The standard InChI is InChI=1S/C21H16ClFN4S/c22-17-6-2-1-5-16(17)20-25-26-21(27(20)19-8-4-3-7-18(19)23)28-14-11-15-9-12-24-13-10-15/h1-10,12-13H,11,14H2. The van der Waals surface area contributed by atoms with Crippen LogP contribution in [0.1, 0.15) is 5.56 Å². The number of hydrogen-bond donors (Lipinski definition) is 0. The van der Waals surface area contributed by atoms with E-state index >= 15 is 0 Å². The van der Waals surface area contributed by atoms with Crippen LogP contribution in [-0.2, 0) is 6.42 Å². The van der Waals surface area contributed by atoms with Gasteiger partial charge in [-0.05, 0) is 48.4 Å². The molecule has 2 heterocycles. The van der Waals surface area contributed by atoms with Crippen molar-refractivity contribution >= 4 is 23.4 Å². The van der Waals surface area contributed by atoms with Crippen LogP contribution < -0.4 is 0 Å². The van der Waals surface area contributed by atoms with Crippen LogP contribution in [0.2, 0.25) is 5.02 Å². The fraction of sp³-hybridized carbons (Fsp3) is 0.0952. The molecule has 0 saturated carbocycles. The highest BCUT2D eigenvalue weighted by atomic mass is 35.5. The average molecular weight is 411 g/mol. The maximum Gasteiger partial charge on any atom is 0.196 e. The summed E-state index contributed by atoms with van der Waals surface area (Å²) in [6, 6.07) is 17.9. The fourth-order valence-electron chi connectivity index (χ4n) is 2.84. The Morgan fingerprint density at radius 3 is 2.46 bits per heavy atom. The molecular formula is C21H16ClFN4S. The third kappa shape index (κ3) is 3.93. The predicted octanol–water partition coefficient (Wildman–Crippen LogP) is 5.46. The zero-order valence-electron chi connectivity index (χ0n) is 14.8. The lowest BCUT2D eigenvalue weighted by molar-refractivity contribution is 0.613. The van der Waals surface area contributed by atoms with Gasteiger partial charge in [-0.25, -0.2) is 4.39 Å². The van der Waals surface area contributed by atoms with Gasteiger partial charge < -0.3 is 0 Å². The van der Waals surface area contributed by atoms with Crippen molar-refractivity contribution in [3.05, 3.63) is 89.5 Å². The van der Waals surface area contributed by atoms with E-state index in [2.05, 4.69) is 15.2 Å². The minimum Gasteiger partial charge on any atom is -0.267 e. The zero-order chi connectivity index (χ0) is 19.3. The summed E-state index contributed by atoms with van der Waals surface area (Å²) < 4.78 is 16.3. The topological polar surface area (TPSA) is 43.6 Å². The molecule has 0 fully saturated rings. The molecule has 4 rings (SSSR count). The largest absolute Gasteiger partial charge is 0.267 e. The molecular weight excluding hydrogens is 395 g/mol. The van der Waals surface area contributed by atoms with E-state index in [1.807, 2.05) is 30.3 Å². The van der Waals surface area contributed by atoms with Crippen LogP contribution in [0.15, 0.2) is 78.2 Å². The number of para-hydroxylation sites is 1. The quantitative estimate of drug-likeness (QED) is 0.396. The van der Waals surface area contributed by atoms with Gasteiger partial charge in [-0.3, -0.25) is 9.55 Å². The maximum absolute atomic E-state index is 14.6. The third-order valence-electron chi connectivity index (χ3n) is 4.21. The van der Waals surface area contributed by atoms with Gasteiger partial charge in [0.25, 0.3) is 0 Å². The van der Waals surface area contributed by atoms with Crippen LogP contribution >= 0.6 is 23.4 Å². The van der Waals surface area contributed by atoms with Crippen molar-refractivity contribution < 1.29 is 4.39 Å². The van der Waals surface area contributed by atoms with Crippen LogP contribution in [-0.4, -0.2) is 25.5 Å². The second kappa shape index (κ2) is 8.54. The number of thioether (sulfide) groups is 1. The lowest BCUT2D eigenvalue weighted by Gasteiger charge is -2.12. The normalized spacial score (nSPS) is 10.9. The van der Waals surface area contributed by atoms with Crippen molar-refractivity contribution in [2.24, 2.45) is 0 Å². The number of pyridine rings is 1. The number of hydrogen-bond acceptors (Lipinski definition) is 4. The van der Waals surface area contributed by atoms with Crippen LogP contribution in [0.4, 0.5) is 4.39 Å². The van der Waals surface area contributed by atoms with Gasteiger partial charge in [0.15, 0.2) is 11.0 Å². The summed E-state index contributed by atoms with van der Waals surface area (Å²) in [6.45, 7) is 0. The first-order chi connectivity index (χ1) is 13.7. The van der Waals surface area contributed by atoms with Crippen LogP contribution in [0.5, 0.6) is 0 Å². The molecule has 0 spiro atoms. The summed E-state index contributed by atoms with van der Waals surface area (Å²) in [7, 11) is 0. The molecule has 0 aliphatic rings. The first-order valence-electron chi connectivity index (χ1n) is 8.71. The number of aromatic nitrogens is 4. The van der Waals surface area contributed by atoms with E-state index in [1.54, 1.807) is 41.2 Å². The van der Waals surface area contributed by atoms with Crippen LogP contribution in [0, 0.1) is 5.82 Å². The Kier molecular flexibility index (Phi) is 5.69. The van der Waals surface area contributed by atoms with Crippen LogP contribution in [0.25, 0.3) is 17.1 Å². The van der Waals surface area contributed by atoms with Gasteiger partial charge >= 0.3 is 0 Å². The Hall–Kier alpha value is -2.70. The second-order valence-electron chi connectivity index (χ2n) is 6.03. The SMILES string of the molecule is Fc1ccccc1-n1c(SCCc2ccncc2)nnc1-c1ccccc1Cl. The van der Waals surface area contributed by atoms with E-state index in [4.69, 9.17) is 11.6 Å². The molecule has 140 valence electrons. The summed E-state index contributed by atoms with van der Waals surface area (Å²) in [5.41, 5.74) is 2.29. The van der Waals surface area contributed by atoms with Gasteiger partial charge in [-0.1, -0.05) is 47.6 Å². The highest BCUT2D eigenvalue weighted by molar-refractivity contribution is 7.99. The van der Waals surface area contributed by atoms with Gasteiger partial charge in [0.2, 0.25) is 0 Å². The smallest absolute Gasteiger partial charge is 0.196 e. The molecule has 0 saturated heterocycles. The monoisotopic (exact) mass is 410 g/mol. The highest BCUT2D eigenvalue weighted by Crippen LogP contribution is 2.32. The Balaban J connectivity index is 1.71. The first kappa shape index (κ1) is 18.7. The molecule has 4 nitrogen and oxygen atoms in total. The van der Waals surface area contributed by atoms with Gasteiger partial charge in [-0.2, -0.15) is 0 Å². The summed E-state index contributed by atoms with van der Waals surface area (Å²) in [5.74, 6) is 0.952. The lowest BCUT2D eigenvalue weighted by Crippen LogP contribution is -2.03. The molecule has 4 aromatic rings. The number of rotatable bonds is 6. The number of nitrogens with zero attached hydrogens (tertiary/aromatic N) is 4. The molecule has 0 bridgehead atoms. The van der Waals surface area contributed by atoms with Gasteiger partial charge in [0.05, 0.1) is 10.7 Å². The van der Waals surface area contributed by atoms with Crippen molar-refractivity contribution in [3.63, 3.8) is 0 Å². The lowest BCUT2D eigenvalue weighted by atomic mass is 10.2. The molecule has 2 aromatic carbocycles. The average Bonchev–Trinajstić information content (AvgIpc) is 3.13. The number of aryl methyl sites for hydroxylation is 1. The van der Waals surface area contributed by atoms with E-state index in [1.165, 1.54) is 23.4 Å². The van der Waals surface area contributed by atoms with E-state index in [-0.39, 0.29) is 5.82 Å². The van der Waals surface area contributed by atoms with Gasteiger partial charge in [0, 0.05) is 23.7 Å². The second-order valence-corrected chi connectivity index (χ2v) is 7.50. The van der Waals surface area contributed by atoms with Crippen molar-refractivity contribution in [2.45, 2.75) is 11.6 Å². The zero-order valence-corrected chi connectivity index (χ0v) is 16.4. The van der Waals surface area contributed by atoms with Gasteiger partial charge in [0.1, 0.15) is 5.82 Å². The molecule has 0 N–H and O–H groups in total. The number of halogens is 2. The summed E-state index contributed by atoms with van der Waals surface area (Å²) in [5, 5.41) is 9.80. The van der Waals surface area contributed by atoms with Crippen molar-refractivity contribution in [3.8, 4) is 17.1 Å². The van der Waals surface area contributed by atoms with Gasteiger partial charge in [-0.15, -0.1) is 10.2 Å². The minimum absolute atomic E-state index is 0.341. The minimum atomic E-state index is -0.341. The third-order valence-corrected chi connectivity index (χ3v) is 5.47. The van der Waals surface area contributed by atoms with E-state index in [0.29, 0.717) is 27.3 Å². The Labute approximate surface area is 171 Å². The molecule has 0 atom stereocenters. The molecule has 0 aliphatic heterocycles. The summed E-state index contributed by atoms with van der Waals surface area (Å²) >= 11 is 7.89. The fourth-order valence-corrected chi connectivity index (χ4v) is 3.99.